The van der Waals surface area contributed by atoms with Crippen LogP contribution in [0.4, 0.5) is 5.95 Å². The number of hydrogen-bond acceptors (Lipinski definition) is 2. The van der Waals surface area contributed by atoms with Gasteiger partial charge in [-0.25, -0.2) is 4.98 Å². The van der Waals surface area contributed by atoms with Gasteiger partial charge in [-0.1, -0.05) is 46.4 Å². The van der Waals surface area contributed by atoms with Crippen LogP contribution in [-0.4, -0.2) is 9.97 Å². The smallest absolute Gasteiger partial charge is 0.198 e. The molecule has 22 heavy (non-hydrogen) atoms. The second-order valence-electron chi connectivity index (χ2n) is 4.66. The van der Waals surface area contributed by atoms with Crippen LogP contribution < -0.4 is 5.73 Å². The van der Waals surface area contributed by atoms with Gasteiger partial charge >= 0.3 is 0 Å². The maximum atomic E-state index is 6.06. The Hall–Kier alpha value is -1.39. The lowest BCUT2D eigenvalue weighted by atomic mass is 10.1. The summed E-state index contributed by atoms with van der Waals surface area (Å²) in [6.45, 7) is 0. The minimum Gasteiger partial charge on any atom is -0.369 e. The molecule has 2 aromatic carbocycles. The highest BCUT2D eigenvalue weighted by molar-refractivity contribution is 6.35. The average Bonchev–Trinajstić information content (AvgIpc) is 2.78. The number of nitrogens with zero attached hydrogens (tertiary/aromatic N) is 1. The zero-order valence-corrected chi connectivity index (χ0v) is 14.0. The lowest BCUT2D eigenvalue weighted by Crippen LogP contribution is -1.85. The number of rotatable bonds is 2. The van der Waals surface area contributed by atoms with Gasteiger partial charge in [-0.05, 0) is 36.4 Å². The van der Waals surface area contributed by atoms with E-state index in [1.165, 1.54) is 0 Å². The van der Waals surface area contributed by atoms with Crippen molar-refractivity contribution in [1.29, 1.82) is 0 Å². The highest BCUT2D eigenvalue weighted by Gasteiger charge is 2.15. The van der Waals surface area contributed by atoms with Crippen LogP contribution in [0.2, 0.25) is 20.1 Å². The van der Waals surface area contributed by atoms with Crippen LogP contribution in [-0.2, 0) is 0 Å². The standard InChI is InChI=1S/C15H9Cl4N3/c16-9-1-7(2-10(17)5-9)13-14(22-15(20)21-13)8-3-11(18)6-12(19)4-8/h1-6H,(H3,20,21,22). The number of halogens is 4. The normalized spacial score (nSPS) is 10.9. The molecule has 0 unspecified atom stereocenters. The molecule has 0 amide bonds. The number of aromatic nitrogens is 2. The Labute approximate surface area is 147 Å². The van der Waals surface area contributed by atoms with Crippen LogP contribution >= 0.6 is 46.4 Å². The van der Waals surface area contributed by atoms with Crippen molar-refractivity contribution in [3.63, 3.8) is 0 Å². The van der Waals surface area contributed by atoms with Gasteiger partial charge in [0.1, 0.15) is 0 Å². The first kappa shape index (κ1) is 15.5. The Morgan fingerprint density at radius 3 is 1.68 bits per heavy atom. The third-order valence-electron chi connectivity index (χ3n) is 3.01. The van der Waals surface area contributed by atoms with E-state index < -0.39 is 0 Å². The second kappa shape index (κ2) is 6.01. The molecule has 0 fully saturated rings. The van der Waals surface area contributed by atoms with Crippen molar-refractivity contribution in [2.75, 3.05) is 5.73 Å². The zero-order valence-electron chi connectivity index (χ0n) is 11.0. The van der Waals surface area contributed by atoms with Gasteiger partial charge in [-0.15, -0.1) is 0 Å². The highest BCUT2D eigenvalue weighted by Crippen LogP contribution is 2.35. The Balaban J connectivity index is 2.22. The predicted molar refractivity (Wildman–Crippen MR) is 93.9 cm³/mol. The van der Waals surface area contributed by atoms with Crippen LogP contribution in [0.5, 0.6) is 0 Å². The third-order valence-corrected chi connectivity index (χ3v) is 3.88. The number of H-pyrrole nitrogens is 1. The molecule has 0 atom stereocenters. The van der Waals surface area contributed by atoms with E-state index in [-0.39, 0.29) is 5.95 Å². The van der Waals surface area contributed by atoms with Crippen molar-refractivity contribution in [2.24, 2.45) is 0 Å². The first-order chi connectivity index (χ1) is 10.4. The maximum Gasteiger partial charge on any atom is 0.198 e. The fourth-order valence-electron chi connectivity index (χ4n) is 2.20. The highest BCUT2D eigenvalue weighted by atomic mass is 35.5. The molecule has 0 aliphatic carbocycles. The van der Waals surface area contributed by atoms with Crippen molar-refractivity contribution in [2.45, 2.75) is 0 Å². The Morgan fingerprint density at radius 2 is 1.18 bits per heavy atom. The van der Waals surface area contributed by atoms with Crippen LogP contribution in [0, 0.1) is 0 Å². The molecular weight excluding hydrogens is 364 g/mol. The van der Waals surface area contributed by atoms with Gasteiger partial charge in [0.15, 0.2) is 5.95 Å². The lowest BCUT2D eigenvalue weighted by molar-refractivity contribution is 1.32. The summed E-state index contributed by atoms with van der Waals surface area (Å²) in [5.74, 6) is 0.275. The number of benzene rings is 2. The van der Waals surface area contributed by atoms with E-state index in [2.05, 4.69) is 9.97 Å². The van der Waals surface area contributed by atoms with Gasteiger partial charge in [0.05, 0.1) is 11.4 Å². The van der Waals surface area contributed by atoms with E-state index in [0.29, 0.717) is 31.5 Å². The molecule has 0 saturated carbocycles. The summed E-state index contributed by atoms with van der Waals surface area (Å²) in [6.07, 6.45) is 0. The SMILES string of the molecule is Nc1nc(-c2cc(Cl)cc(Cl)c2)c(-c2cc(Cl)cc(Cl)c2)[nH]1. The Bertz CT molecular complexity index is 748. The van der Waals surface area contributed by atoms with Crippen LogP contribution in [0.15, 0.2) is 36.4 Å². The van der Waals surface area contributed by atoms with E-state index in [4.69, 9.17) is 52.1 Å². The van der Waals surface area contributed by atoms with E-state index in [1.807, 2.05) is 0 Å². The molecule has 3 rings (SSSR count). The monoisotopic (exact) mass is 371 g/mol. The van der Waals surface area contributed by atoms with Gasteiger partial charge in [0.25, 0.3) is 0 Å². The van der Waals surface area contributed by atoms with Crippen molar-refractivity contribution >= 4 is 52.4 Å². The largest absolute Gasteiger partial charge is 0.369 e. The second-order valence-corrected chi connectivity index (χ2v) is 6.41. The summed E-state index contributed by atoms with van der Waals surface area (Å²) in [5, 5.41) is 2.06. The summed E-state index contributed by atoms with van der Waals surface area (Å²) in [5.41, 5.74) is 8.65. The average molecular weight is 373 g/mol. The maximum absolute atomic E-state index is 6.06. The molecule has 1 heterocycles. The minimum absolute atomic E-state index is 0.275. The summed E-state index contributed by atoms with van der Waals surface area (Å²) >= 11 is 24.2. The summed E-state index contributed by atoms with van der Waals surface area (Å²) in [7, 11) is 0. The molecule has 1 aromatic heterocycles. The number of aromatic amines is 1. The molecule has 0 bridgehead atoms. The number of nitrogens with one attached hydrogen (secondary N) is 1. The first-order valence-electron chi connectivity index (χ1n) is 6.21. The van der Waals surface area contributed by atoms with E-state index in [1.54, 1.807) is 36.4 Å². The van der Waals surface area contributed by atoms with E-state index in [0.717, 1.165) is 11.1 Å². The number of hydrogen-bond donors (Lipinski definition) is 2. The van der Waals surface area contributed by atoms with Crippen molar-refractivity contribution < 1.29 is 0 Å². The van der Waals surface area contributed by atoms with Crippen molar-refractivity contribution in [3.8, 4) is 22.5 Å². The topological polar surface area (TPSA) is 54.7 Å². The third kappa shape index (κ3) is 3.18. The number of anilines is 1. The summed E-state index contributed by atoms with van der Waals surface area (Å²) < 4.78 is 0. The molecule has 3 N–H and O–H groups in total. The quantitative estimate of drug-likeness (QED) is 0.584. The number of nitrogens with two attached hydrogens (primary N) is 1. The molecule has 3 aromatic rings. The summed E-state index contributed by atoms with van der Waals surface area (Å²) in [4.78, 5) is 7.33. The van der Waals surface area contributed by atoms with E-state index in [9.17, 15) is 0 Å². The number of imidazole rings is 1. The van der Waals surface area contributed by atoms with Crippen LogP contribution in [0.1, 0.15) is 0 Å². The van der Waals surface area contributed by atoms with Crippen LogP contribution in [0.25, 0.3) is 22.5 Å². The van der Waals surface area contributed by atoms with Crippen molar-refractivity contribution in [1.82, 2.24) is 9.97 Å². The summed E-state index contributed by atoms with van der Waals surface area (Å²) in [6, 6.07) is 10.4. The van der Waals surface area contributed by atoms with Gasteiger partial charge in [-0.2, -0.15) is 0 Å². The molecule has 7 heteroatoms. The molecule has 0 saturated heterocycles. The number of nitrogen functional groups attached to an aromatic ring is 1. The molecule has 0 spiro atoms. The first-order valence-corrected chi connectivity index (χ1v) is 7.72. The Kier molecular flexibility index (Phi) is 4.24. The fourth-order valence-corrected chi connectivity index (χ4v) is 3.25. The van der Waals surface area contributed by atoms with Gasteiger partial charge in [0, 0.05) is 31.2 Å². The molecule has 0 aliphatic heterocycles. The zero-order chi connectivity index (χ0) is 15.9. The van der Waals surface area contributed by atoms with Crippen LogP contribution in [0.3, 0.4) is 0 Å². The molecule has 3 nitrogen and oxygen atoms in total. The molecule has 112 valence electrons. The molecular formula is C15H9Cl4N3. The minimum atomic E-state index is 0.275. The Morgan fingerprint density at radius 1 is 0.727 bits per heavy atom. The predicted octanol–water partition coefficient (Wildman–Crippen LogP) is 5.94. The molecule has 0 radical (unpaired) electrons. The van der Waals surface area contributed by atoms with Gasteiger partial charge < -0.3 is 10.7 Å². The molecule has 0 aliphatic rings. The lowest BCUT2D eigenvalue weighted by Gasteiger charge is -2.06. The van der Waals surface area contributed by atoms with Crippen molar-refractivity contribution in [3.05, 3.63) is 56.5 Å². The van der Waals surface area contributed by atoms with E-state index >= 15 is 0 Å². The van der Waals surface area contributed by atoms with Gasteiger partial charge in [-0.3, -0.25) is 0 Å². The fraction of sp³-hybridized carbons (Fsp3) is 0. The van der Waals surface area contributed by atoms with Gasteiger partial charge in [0.2, 0.25) is 0 Å².